The molecule has 0 aromatic carbocycles. The van der Waals surface area contributed by atoms with E-state index in [4.69, 9.17) is 16.3 Å². The van der Waals surface area contributed by atoms with Gasteiger partial charge < -0.3 is 10.1 Å². The number of hydrogen-bond donors (Lipinski definition) is 1. The third-order valence-corrected chi connectivity index (χ3v) is 3.01. The molecule has 0 amide bonds. The van der Waals surface area contributed by atoms with Crippen LogP contribution in [0.4, 0.5) is 10.2 Å². The minimum absolute atomic E-state index is 0.0182. The van der Waals surface area contributed by atoms with Gasteiger partial charge in [0.25, 0.3) is 0 Å². The second kappa shape index (κ2) is 7.64. The molecule has 1 N–H and O–H groups in total. The summed E-state index contributed by atoms with van der Waals surface area (Å²) in [5.41, 5.74) is -0.475. The van der Waals surface area contributed by atoms with Crippen LogP contribution in [0.15, 0.2) is 6.20 Å². The Balaban J connectivity index is 2.22. The molecule has 1 rings (SSSR count). The van der Waals surface area contributed by atoms with E-state index in [1.54, 1.807) is 0 Å². The lowest BCUT2D eigenvalue weighted by Crippen LogP contribution is -2.25. The van der Waals surface area contributed by atoms with Crippen LogP contribution >= 0.6 is 23.4 Å². The van der Waals surface area contributed by atoms with Crippen molar-refractivity contribution in [1.29, 1.82) is 0 Å². The summed E-state index contributed by atoms with van der Waals surface area (Å²) in [7, 11) is 0. The van der Waals surface area contributed by atoms with Crippen LogP contribution in [-0.2, 0) is 9.53 Å². The molecule has 5 nitrogen and oxygen atoms in total. The lowest BCUT2D eigenvalue weighted by atomic mass is 10.2. The molecule has 0 bridgehead atoms. The first-order chi connectivity index (χ1) is 9.28. The Morgan fingerprint density at radius 3 is 2.90 bits per heavy atom. The first kappa shape index (κ1) is 17.0. The second-order valence-electron chi connectivity index (χ2n) is 4.90. The van der Waals surface area contributed by atoms with Crippen molar-refractivity contribution in [2.45, 2.75) is 26.4 Å². The molecular weight excluding hydrogens is 305 g/mol. The minimum Gasteiger partial charge on any atom is -0.459 e. The Kier molecular flexibility index (Phi) is 6.48. The maximum absolute atomic E-state index is 13.3. The van der Waals surface area contributed by atoms with Crippen LogP contribution in [0.1, 0.15) is 20.8 Å². The molecule has 112 valence electrons. The zero-order valence-electron chi connectivity index (χ0n) is 11.6. The zero-order chi connectivity index (χ0) is 15.2. The molecule has 8 heteroatoms. The maximum atomic E-state index is 13.3. The normalized spacial score (nSPS) is 11.2. The standard InChI is InChI=1S/C12H17ClFN3O2S/c1-12(2,3)19-9(18)7-20-5-4-15-10-8(14)6-16-11(13)17-10/h6H,4-5,7H2,1-3H3,(H,15,16,17). The summed E-state index contributed by atoms with van der Waals surface area (Å²) in [5.74, 6) is 0.0971. The molecule has 0 radical (unpaired) electrons. The third-order valence-electron chi connectivity index (χ3n) is 1.89. The van der Waals surface area contributed by atoms with Gasteiger partial charge in [-0.2, -0.15) is 4.98 Å². The van der Waals surface area contributed by atoms with Crippen LogP contribution in [0.5, 0.6) is 0 Å². The highest BCUT2D eigenvalue weighted by Crippen LogP contribution is 2.13. The van der Waals surface area contributed by atoms with E-state index < -0.39 is 11.4 Å². The Labute approximate surface area is 126 Å². The van der Waals surface area contributed by atoms with Crippen LogP contribution in [0.25, 0.3) is 0 Å². The molecular formula is C12H17ClFN3O2S. The number of rotatable bonds is 6. The van der Waals surface area contributed by atoms with Crippen molar-refractivity contribution in [2.75, 3.05) is 23.4 Å². The van der Waals surface area contributed by atoms with Crippen LogP contribution < -0.4 is 5.32 Å². The Morgan fingerprint density at radius 1 is 1.55 bits per heavy atom. The van der Waals surface area contributed by atoms with Gasteiger partial charge in [-0.15, -0.1) is 11.8 Å². The number of halogens is 2. The zero-order valence-corrected chi connectivity index (χ0v) is 13.1. The van der Waals surface area contributed by atoms with E-state index in [1.165, 1.54) is 11.8 Å². The fraction of sp³-hybridized carbons (Fsp3) is 0.583. The largest absolute Gasteiger partial charge is 0.459 e. The summed E-state index contributed by atoms with van der Waals surface area (Å²) in [5, 5.41) is 2.77. The fourth-order valence-electron chi connectivity index (χ4n) is 1.24. The van der Waals surface area contributed by atoms with Crippen LogP contribution in [0, 0.1) is 5.82 Å². The predicted molar refractivity (Wildman–Crippen MR) is 78.7 cm³/mol. The second-order valence-corrected chi connectivity index (χ2v) is 6.34. The third kappa shape index (κ3) is 6.91. The molecule has 1 aromatic rings. The summed E-state index contributed by atoms with van der Waals surface area (Å²) in [6.07, 6.45) is 1.01. The molecule has 0 unspecified atom stereocenters. The van der Waals surface area contributed by atoms with Crippen molar-refractivity contribution in [3.63, 3.8) is 0 Å². The summed E-state index contributed by atoms with van der Waals surface area (Å²) in [6, 6.07) is 0. The molecule has 0 fully saturated rings. The number of thioether (sulfide) groups is 1. The van der Waals surface area contributed by atoms with Crippen molar-refractivity contribution < 1.29 is 13.9 Å². The predicted octanol–water partition coefficient (Wildman–Crippen LogP) is 2.76. The van der Waals surface area contributed by atoms with Gasteiger partial charge in [0.05, 0.1) is 11.9 Å². The van der Waals surface area contributed by atoms with Gasteiger partial charge >= 0.3 is 5.97 Å². The van der Waals surface area contributed by atoms with E-state index in [0.29, 0.717) is 12.3 Å². The first-order valence-electron chi connectivity index (χ1n) is 5.99. The quantitative estimate of drug-likeness (QED) is 0.494. The molecule has 0 aliphatic rings. The van der Waals surface area contributed by atoms with Gasteiger partial charge in [-0.3, -0.25) is 4.79 Å². The number of carbonyl (C=O) groups is 1. The molecule has 1 heterocycles. The Bertz CT molecular complexity index is 469. The number of anilines is 1. The Hall–Kier alpha value is -1.08. The molecule has 0 saturated carbocycles. The highest BCUT2D eigenvalue weighted by Gasteiger charge is 2.15. The van der Waals surface area contributed by atoms with E-state index in [0.717, 1.165) is 6.20 Å². The van der Waals surface area contributed by atoms with Gasteiger partial charge in [0, 0.05) is 12.3 Å². The topological polar surface area (TPSA) is 64.1 Å². The molecule has 20 heavy (non-hydrogen) atoms. The average Bonchev–Trinajstić information content (AvgIpc) is 2.30. The number of ether oxygens (including phenoxy) is 1. The molecule has 0 spiro atoms. The van der Waals surface area contributed by atoms with Gasteiger partial charge in [0.1, 0.15) is 5.60 Å². The fourth-order valence-corrected chi connectivity index (χ4v) is 1.99. The lowest BCUT2D eigenvalue weighted by Gasteiger charge is -2.19. The van der Waals surface area contributed by atoms with Gasteiger partial charge in [-0.1, -0.05) is 0 Å². The number of esters is 1. The number of nitrogens with one attached hydrogen (secondary N) is 1. The van der Waals surface area contributed by atoms with Crippen LogP contribution in [0.2, 0.25) is 5.28 Å². The van der Waals surface area contributed by atoms with Gasteiger partial charge in [-0.25, -0.2) is 9.37 Å². The van der Waals surface area contributed by atoms with Crippen LogP contribution in [0.3, 0.4) is 0 Å². The smallest absolute Gasteiger partial charge is 0.316 e. The summed E-state index contributed by atoms with van der Waals surface area (Å²) in [6.45, 7) is 5.91. The van der Waals surface area contributed by atoms with Gasteiger partial charge in [0.15, 0.2) is 11.6 Å². The van der Waals surface area contributed by atoms with Crippen LogP contribution in [-0.4, -0.2) is 39.6 Å². The Morgan fingerprint density at radius 2 is 2.25 bits per heavy atom. The summed E-state index contributed by atoms with van der Waals surface area (Å²) >= 11 is 6.96. The highest BCUT2D eigenvalue weighted by molar-refractivity contribution is 7.99. The molecule has 0 saturated heterocycles. The van der Waals surface area contributed by atoms with E-state index >= 15 is 0 Å². The summed E-state index contributed by atoms with van der Waals surface area (Å²) < 4.78 is 18.4. The number of carbonyl (C=O) groups excluding carboxylic acids is 1. The van der Waals surface area contributed by atoms with E-state index in [9.17, 15) is 9.18 Å². The highest BCUT2D eigenvalue weighted by atomic mass is 35.5. The molecule has 1 aromatic heterocycles. The van der Waals surface area contributed by atoms with E-state index in [2.05, 4.69) is 15.3 Å². The summed E-state index contributed by atoms with van der Waals surface area (Å²) in [4.78, 5) is 18.7. The van der Waals surface area contributed by atoms with Crippen molar-refractivity contribution in [1.82, 2.24) is 9.97 Å². The van der Waals surface area contributed by atoms with Crippen molar-refractivity contribution in [3.05, 3.63) is 17.3 Å². The first-order valence-corrected chi connectivity index (χ1v) is 7.53. The van der Waals surface area contributed by atoms with Crippen molar-refractivity contribution in [3.8, 4) is 0 Å². The van der Waals surface area contributed by atoms with E-state index in [-0.39, 0.29) is 22.8 Å². The van der Waals surface area contributed by atoms with Gasteiger partial charge in [0.2, 0.25) is 5.28 Å². The van der Waals surface area contributed by atoms with Crippen molar-refractivity contribution in [2.24, 2.45) is 0 Å². The average molecular weight is 322 g/mol. The number of nitrogens with zero attached hydrogens (tertiary/aromatic N) is 2. The maximum Gasteiger partial charge on any atom is 0.316 e. The minimum atomic E-state index is -0.563. The SMILES string of the molecule is CC(C)(C)OC(=O)CSCCNc1nc(Cl)ncc1F. The number of hydrogen-bond acceptors (Lipinski definition) is 6. The molecule has 0 aliphatic heterocycles. The monoisotopic (exact) mass is 321 g/mol. The number of aromatic nitrogens is 2. The van der Waals surface area contributed by atoms with Crippen molar-refractivity contribution >= 4 is 35.1 Å². The van der Waals surface area contributed by atoms with Gasteiger partial charge in [-0.05, 0) is 32.4 Å². The van der Waals surface area contributed by atoms with E-state index in [1.807, 2.05) is 20.8 Å². The molecule has 0 atom stereocenters. The lowest BCUT2D eigenvalue weighted by molar-refractivity contribution is -0.151. The molecule has 0 aliphatic carbocycles.